The SMILES string of the molecule is CC(CCN)N1Cc2ccccc2C1. The Hall–Kier alpha value is -0.860. The van der Waals surface area contributed by atoms with E-state index in [9.17, 15) is 0 Å². The number of hydrogen-bond donors (Lipinski definition) is 1. The van der Waals surface area contributed by atoms with Crippen molar-refractivity contribution in [3.05, 3.63) is 35.4 Å². The van der Waals surface area contributed by atoms with Crippen molar-refractivity contribution in [3.8, 4) is 0 Å². The Kier molecular flexibility index (Phi) is 2.85. The summed E-state index contributed by atoms with van der Waals surface area (Å²) in [6, 6.07) is 9.30. The van der Waals surface area contributed by atoms with Gasteiger partial charge in [0.1, 0.15) is 0 Å². The van der Waals surface area contributed by atoms with Crippen molar-refractivity contribution in [2.24, 2.45) is 5.73 Å². The molecule has 0 radical (unpaired) electrons. The van der Waals surface area contributed by atoms with Crippen LogP contribution in [0.2, 0.25) is 0 Å². The molecule has 1 unspecified atom stereocenters. The highest BCUT2D eigenvalue weighted by Crippen LogP contribution is 2.24. The predicted molar refractivity (Wildman–Crippen MR) is 58.8 cm³/mol. The standard InChI is InChI=1S/C12H18N2/c1-10(6-7-13)14-8-11-4-2-3-5-12(11)9-14/h2-5,10H,6-9,13H2,1H3. The van der Waals surface area contributed by atoms with Crippen molar-refractivity contribution in [2.45, 2.75) is 32.5 Å². The van der Waals surface area contributed by atoms with E-state index in [0.29, 0.717) is 6.04 Å². The molecular weight excluding hydrogens is 172 g/mol. The maximum absolute atomic E-state index is 5.58. The Bertz CT molecular complexity index is 284. The molecule has 1 aromatic rings. The molecule has 14 heavy (non-hydrogen) atoms. The van der Waals surface area contributed by atoms with Crippen molar-refractivity contribution in [1.29, 1.82) is 0 Å². The smallest absolute Gasteiger partial charge is 0.0243 e. The zero-order valence-electron chi connectivity index (χ0n) is 8.74. The molecule has 1 aromatic carbocycles. The monoisotopic (exact) mass is 190 g/mol. The van der Waals surface area contributed by atoms with Crippen LogP contribution in [0.25, 0.3) is 0 Å². The fourth-order valence-electron chi connectivity index (χ4n) is 2.09. The summed E-state index contributed by atoms with van der Waals surface area (Å²) < 4.78 is 0. The van der Waals surface area contributed by atoms with Crippen LogP contribution in [-0.4, -0.2) is 17.5 Å². The van der Waals surface area contributed by atoms with Crippen LogP contribution in [0.4, 0.5) is 0 Å². The second-order valence-electron chi connectivity index (χ2n) is 4.10. The van der Waals surface area contributed by atoms with Crippen LogP contribution in [-0.2, 0) is 13.1 Å². The summed E-state index contributed by atoms with van der Waals surface area (Å²) in [5, 5.41) is 0. The lowest BCUT2D eigenvalue weighted by Crippen LogP contribution is -2.29. The van der Waals surface area contributed by atoms with Gasteiger partial charge >= 0.3 is 0 Å². The van der Waals surface area contributed by atoms with Crippen LogP contribution >= 0.6 is 0 Å². The second kappa shape index (κ2) is 4.11. The maximum Gasteiger partial charge on any atom is 0.0243 e. The van der Waals surface area contributed by atoms with Gasteiger partial charge in [-0.15, -0.1) is 0 Å². The third kappa shape index (κ3) is 1.81. The number of rotatable bonds is 3. The number of hydrogen-bond acceptors (Lipinski definition) is 2. The molecule has 0 saturated heterocycles. The van der Waals surface area contributed by atoms with Crippen molar-refractivity contribution in [1.82, 2.24) is 4.90 Å². The quantitative estimate of drug-likeness (QED) is 0.786. The van der Waals surface area contributed by atoms with E-state index in [0.717, 1.165) is 26.1 Å². The van der Waals surface area contributed by atoms with E-state index >= 15 is 0 Å². The average molecular weight is 190 g/mol. The first-order chi connectivity index (χ1) is 6.81. The van der Waals surface area contributed by atoms with E-state index < -0.39 is 0 Å². The zero-order chi connectivity index (χ0) is 9.97. The minimum atomic E-state index is 0.604. The molecule has 0 aromatic heterocycles. The van der Waals surface area contributed by atoms with Crippen LogP contribution in [0.15, 0.2) is 24.3 Å². The van der Waals surface area contributed by atoms with E-state index in [4.69, 9.17) is 5.73 Å². The molecule has 0 amide bonds. The molecule has 0 spiro atoms. The molecule has 2 heteroatoms. The summed E-state index contributed by atoms with van der Waals surface area (Å²) in [5.74, 6) is 0. The second-order valence-corrected chi connectivity index (χ2v) is 4.10. The predicted octanol–water partition coefficient (Wildman–Crippen LogP) is 1.74. The molecule has 0 aliphatic carbocycles. The highest BCUT2D eigenvalue weighted by molar-refractivity contribution is 5.30. The molecule has 2 N–H and O–H groups in total. The highest BCUT2D eigenvalue weighted by Gasteiger charge is 2.21. The van der Waals surface area contributed by atoms with Crippen LogP contribution in [0, 0.1) is 0 Å². The summed E-state index contributed by atoms with van der Waals surface area (Å²) >= 11 is 0. The molecule has 2 rings (SSSR count). The van der Waals surface area contributed by atoms with Gasteiger partial charge in [-0.2, -0.15) is 0 Å². The molecule has 0 bridgehead atoms. The summed E-state index contributed by atoms with van der Waals surface area (Å²) in [6.45, 7) is 5.24. The largest absolute Gasteiger partial charge is 0.330 e. The summed E-state index contributed by atoms with van der Waals surface area (Å²) in [5.41, 5.74) is 8.54. The van der Waals surface area contributed by atoms with Crippen LogP contribution in [0.1, 0.15) is 24.5 Å². The molecule has 76 valence electrons. The van der Waals surface area contributed by atoms with Crippen molar-refractivity contribution >= 4 is 0 Å². The fraction of sp³-hybridized carbons (Fsp3) is 0.500. The fourth-order valence-corrected chi connectivity index (χ4v) is 2.09. The minimum absolute atomic E-state index is 0.604. The van der Waals surface area contributed by atoms with Gasteiger partial charge in [0, 0.05) is 19.1 Å². The Balaban J connectivity index is 2.04. The van der Waals surface area contributed by atoms with Gasteiger partial charge in [0.05, 0.1) is 0 Å². The normalized spacial score (nSPS) is 18.1. The van der Waals surface area contributed by atoms with Crippen LogP contribution < -0.4 is 5.73 Å². The van der Waals surface area contributed by atoms with E-state index in [1.54, 1.807) is 0 Å². The molecular formula is C12H18N2. The summed E-state index contributed by atoms with van der Waals surface area (Å²) in [6.07, 6.45) is 1.09. The molecule has 2 nitrogen and oxygen atoms in total. The number of nitrogens with zero attached hydrogens (tertiary/aromatic N) is 1. The Morgan fingerprint density at radius 2 is 1.86 bits per heavy atom. The van der Waals surface area contributed by atoms with Gasteiger partial charge in [0.25, 0.3) is 0 Å². The van der Waals surface area contributed by atoms with Crippen molar-refractivity contribution < 1.29 is 0 Å². The maximum atomic E-state index is 5.58. The first kappa shape index (κ1) is 9.69. The zero-order valence-corrected chi connectivity index (χ0v) is 8.74. The number of benzene rings is 1. The molecule has 1 atom stereocenters. The van der Waals surface area contributed by atoms with E-state index in [2.05, 4.69) is 36.1 Å². The summed E-state index contributed by atoms with van der Waals surface area (Å²) in [7, 11) is 0. The van der Waals surface area contributed by atoms with Gasteiger partial charge in [-0.3, -0.25) is 4.90 Å². The Morgan fingerprint density at radius 1 is 1.29 bits per heavy atom. The molecule has 1 aliphatic heterocycles. The third-order valence-corrected chi connectivity index (χ3v) is 3.07. The lowest BCUT2D eigenvalue weighted by molar-refractivity contribution is 0.205. The van der Waals surface area contributed by atoms with Gasteiger partial charge < -0.3 is 5.73 Å². The summed E-state index contributed by atoms with van der Waals surface area (Å²) in [4.78, 5) is 2.50. The van der Waals surface area contributed by atoms with Crippen LogP contribution in [0.5, 0.6) is 0 Å². The first-order valence-electron chi connectivity index (χ1n) is 5.32. The van der Waals surface area contributed by atoms with E-state index in [1.165, 1.54) is 11.1 Å². The first-order valence-corrected chi connectivity index (χ1v) is 5.32. The number of nitrogens with two attached hydrogens (primary N) is 1. The van der Waals surface area contributed by atoms with Crippen molar-refractivity contribution in [3.63, 3.8) is 0 Å². The topological polar surface area (TPSA) is 29.3 Å². The molecule has 0 saturated carbocycles. The van der Waals surface area contributed by atoms with Gasteiger partial charge in [0.2, 0.25) is 0 Å². The van der Waals surface area contributed by atoms with Gasteiger partial charge in [-0.1, -0.05) is 24.3 Å². The Morgan fingerprint density at radius 3 is 2.36 bits per heavy atom. The van der Waals surface area contributed by atoms with Crippen molar-refractivity contribution in [2.75, 3.05) is 6.54 Å². The lowest BCUT2D eigenvalue weighted by Gasteiger charge is -2.22. The lowest BCUT2D eigenvalue weighted by atomic mass is 10.1. The molecule has 0 fully saturated rings. The molecule has 1 heterocycles. The van der Waals surface area contributed by atoms with E-state index in [-0.39, 0.29) is 0 Å². The minimum Gasteiger partial charge on any atom is -0.330 e. The third-order valence-electron chi connectivity index (χ3n) is 3.07. The number of fused-ring (bicyclic) bond motifs is 1. The van der Waals surface area contributed by atoms with Crippen LogP contribution in [0.3, 0.4) is 0 Å². The van der Waals surface area contributed by atoms with E-state index in [1.807, 2.05) is 0 Å². The molecule has 1 aliphatic rings. The highest BCUT2D eigenvalue weighted by atomic mass is 15.2. The van der Waals surface area contributed by atoms with Gasteiger partial charge in [-0.05, 0) is 31.0 Å². The average Bonchev–Trinajstić information content (AvgIpc) is 2.61. The van der Waals surface area contributed by atoms with Gasteiger partial charge in [-0.25, -0.2) is 0 Å². The Labute approximate surface area is 85.7 Å². The van der Waals surface area contributed by atoms with Gasteiger partial charge in [0.15, 0.2) is 0 Å².